The van der Waals surface area contributed by atoms with Gasteiger partial charge in [-0.05, 0) is 43.3 Å². The average molecular weight is 309 g/mol. The van der Waals surface area contributed by atoms with Crippen molar-refractivity contribution in [1.82, 2.24) is 9.97 Å². The second-order valence-electron chi connectivity index (χ2n) is 4.87. The van der Waals surface area contributed by atoms with E-state index in [1.807, 2.05) is 0 Å². The second-order valence-corrected chi connectivity index (χ2v) is 4.87. The highest BCUT2D eigenvalue weighted by Gasteiger charge is 2.12. The molecule has 0 atom stereocenters. The molecule has 0 aliphatic rings. The third-order valence-corrected chi connectivity index (χ3v) is 3.27. The van der Waals surface area contributed by atoms with Gasteiger partial charge in [0.2, 0.25) is 0 Å². The highest BCUT2D eigenvalue weighted by atomic mass is 16.5. The summed E-state index contributed by atoms with van der Waals surface area (Å²) in [5.74, 6) is -0.686. The van der Waals surface area contributed by atoms with Crippen LogP contribution in [0.2, 0.25) is 0 Å². The molecule has 6 nitrogen and oxygen atoms in total. The fourth-order valence-corrected chi connectivity index (χ4v) is 2.22. The van der Waals surface area contributed by atoms with Crippen LogP contribution in [0.25, 0.3) is 10.9 Å². The van der Waals surface area contributed by atoms with E-state index in [1.54, 1.807) is 55.6 Å². The lowest BCUT2D eigenvalue weighted by molar-refractivity contribution is 0.0520. The molecule has 0 spiro atoms. The topological polar surface area (TPSA) is 84.1 Å². The second kappa shape index (κ2) is 6.31. The molecular formula is C17H15N3O3. The monoisotopic (exact) mass is 309 g/mol. The van der Waals surface area contributed by atoms with Crippen molar-refractivity contribution < 1.29 is 14.3 Å². The van der Waals surface area contributed by atoms with Crippen LogP contribution < -0.4 is 5.32 Å². The summed E-state index contributed by atoms with van der Waals surface area (Å²) in [5, 5.41) is 3.59. The van der Waals surface area contributed by atoms with Gasteiger partial charge < -0.3 is 15.0 Å². The standard InChI is InChI=1S/C17H15N3O3/c1-2-23-17(22)15-10-11-9-12(6-7-13(11)20-15)19-16(21)14-5-3-4-8-18-14/h3-10,20H,2H2,1H3,(H,19,21). The number of benzene rings is 1. The summed E-state index contributed by atoms with van der Waals surface area (Å²) < 4.78 is 4.96. The molecular weight excluding hydrogens is 294 g/mol. The summed E-state index contributed by atoms with van der Waals surface area (Å²) in [6.45, 7) is 2.07. The zero-order valence-electron chi connectivity index (χ0n) is 12.5. The number of fused-ring (bicyclic) bond motifs is 1. The van der Waals surface area contributed by atoms with Crippen LogP contribution in [0, 0.1) is 0 Å². The fourth-order valence-electron chi connectivity index (χ4n) is 2.22. The first-order chi connectivity index (χ1) is 11.2. The predicted octanol–water partition coefficient (Wildman–Crippen LogP) is 2.99. The summed E-state index contributed by atoms with van der Waals surface area (Å²) in [7, 11) is 0. The van der Waals surface area contributed by atoms with Gasteiger partial charge in [-0.1, -0.05) is 6.07 Å². The maximum atomic E-state index is 12.1. The number of rotatable bonds is 4. The molecule has 0 aliphatic carbocycles. The predicted molar refractivity (Wildman–Crippen MR) is 86.4 cm³/mol. The number of carbonyl (C=O) groups is 2. The van der Waals surface area contributed by atoms with Gasteiger partial charge in [0.1, 0.15) is 11.4 Å². The fraction of sp³-hybridized carbons (Fsp3) is 0.118. The number of carbonyl (C=O) groups excluding carboxylic acids is 2. The number of hydrogen-bond acceptors (Lipinski definition) is 4. The van der Waals surface area contributed by atoms with Crippen molar-refractivity contribution in [3.63, 3.8) is 0 Å². The lowest BCUT2D eigenvalue weighted by Gasteiger charge is -2.04. The van der Waals surface area contributed by atoms with Crippen LogP contribution in [-0.4, -0.2) is 28.5 Å². The van der Waals surface area contributed by atoms with Gasteiger partial charge in [0, 0.05) is 22.8 Å². The molecule has 6 heteroatoms. The van der Waals surface area contributed by atoms with Gasteiger partial charge in [-0.15, -0.1) is 0 Å². The van der Waals surface area contributed by atoms with Gasteiger partial charge in [0.05, 0.1) is 6.61 Å². The number of ether oxygens (including phenoxy) is 1. The van der Waals surface area contributed by atoms with Gasteiger partial charge in [-0.3, -0.25) is 9.78 Å². The molecule has 1 amide bonds. The zero-order valence-corrected chi connectivity index (χ0v) is 12.5. The Morgan fingerprint density at radius 2 is 2.09 bits per heavy atom. The summed E-state index contributed by atoms with van der Waals surface area (Å²) in [6.07, 6.45) is 1.57. The Morgan fingerprint density at radius 1 is 1.22 bits per heavy atom. The van der Waals surface area contributed by atoms with E-state index in [4.69, 9.17) is 4.74 Å². The van der Waals surface area contributed by atoms with E-state index >= 15 is 0 Å². The molecule has 2 heterocycles. The Kier molecular flexibility index (Phi) is 4.05. The van der Waals surface area contributed by atoms with E-state index in [0.717, 1.165) is 10.9 Å². The highest BCUT2D eigenvalue weighted by Crippen LogP contribution is 2.21. The molecule has 2 N–H and O–H groups in total. The average Bonchev–Trinajstić information content (AvgIpc) is 2.99. The maximum Gasteiger partial charge on any atom is 0.354 e. The number of pyridine rings is 1. The van der Waals surface area contributed by atoms with Crippen LogP contribution in [0.15, 0.2) is 48.7 Å². The summed E-state index contributed by atoms with van der Waals surface area (Å²) in [5.41, 5.74) is 2.15. The Labute approximate surface area is 132 Å². The van der Waals surface area contributed by atoms with E-state index in [1.165, 1.54) is 0 Å². The minimum atomic E-state index is -0.400. The van der Waals surface area contributed by atoms with Gasteiger partial charge in [-0.2, -0.15) is 0 Å². The molecule has 0 aliphatic heterocycles. The zero-order chi connectivity index (χ0) is 16.2. The van der Waals surface area contributed by atoms with Crippen LogP contribution >= 0.6 is 0 Å². The molecule has 0 bridgehead atoms. The van der Waals surface area contributed by atoms with E-state index in [9.17, 15) is 9.59 Å². The number of esters is 1. The van der Waals surface area contributed by atoms with Gasteiger partial charge in [0.25, 0.3) is 5.91 Å². The van der Waals surface area contributed by atoms with Gasteiger partial charge >= 0.3 is 5.97 Å². The molecule has 3 aromatic rings. The van der Waals surface area contributed by atoms with Gasteiger partial charge in [-0.25, -0.2) is 4.79 Å². The number of nitrogens with zero attached hydrogens (tertiary/aromatic N) is 1. The number of hydrogen-bond donors (Lipinski definition) is 2. The van der Waals surface area contributed by atoms with Crippen LogP contribution in [0.5, 0.6) is 0 Å². The van der Waals surface area contributed by atoms with Crippen LogP contribution in [0.1, 0.15) is 27.9 Å². The third kappa shape index (κ3) is 3.21. The van der Waals surface area contributed by atoms with Crippen molar-refractivity contribution >= 4 is 28.5 Å². The minimum absolute atomic E-state index is 0.286. The van der Waals surface area contributed by atoms with E-state index in [0.29, 0.717) is 23.7 Å². The van der Waals surface area contributed by atoms with Crippen molar-refractivity contribution in [2.75, 3.05) is 11.9 Å². The first kappa shape index (κ1) is 14.8. The highest BCUT2D eigenvalue weighted by molar-refractivity contribution is 6.04. The number of amides is 1. The Balaban J connectivity index is 1.83. The maximum absolute atomic E-state index is 12.1. The SMILES string of the molecule is CCOC(=O)c1cc2cc(NC(=O)c3ccccn3)ccc2[nH]1. The largest absolute Gasteiger partial charge is 0.461 e. The lowest BCUT2D eigenvalue weighted by atomic mass is 10.2. The lowest BCUT2D eigenvalue weighted by Crippen LogP contribution is -2.13. The van der Waals surface area contributed by atoms with Crippen LogP contribution in [0.3, 0.4) is 0 Å². The smallest absolute Gasteiger partial charge is 0.354 e. The molecule has 0 unspecified atom stereocenters. The van der Waals surface area contributed by atoms with Crippen LogP contribution in [-0.2, 0) is 4.74 Å². The van der Waals surface area contributed by atoms with Crippen molar-refractivity contribution in [3.8, 4) is 0 Å². The number of aromatic nitrogens is 2. The van der Waals surface area contributed by atoms with E-state index < -0.39 is 5.97 Å². The van der Waals surface area contributed by atoms with Crippen molar-refractivity contribution in [2.45, 2.75) is 6.92 Å². The molecule has 3 rings (SSSR count). The van der Waals surface area contributed by atoms with E-state index in [-0.39, 0.29) is 5.91 Å². The van der Waals surface area contributed by atoms with Crippen molar-refractivity contribution in [1.29, 1.82) is 0 Å². The molecule has 23 heavy (non-hydrogen) atoms. The summed E-state index contributed by atoms with van der Waals surface area (Å²) >= 11 is 0. The first-order valence-corrected chi connectivity index (χ1v) is 7.19. The van der Waals surface area contributed by atoms with Crippen molar-refractivity contribution in [3.05, 3.63) is 60.0 Å². The molecule has 0 radical (unpaired) electrons. The Morgan fingerprint density at radius 3 is 2.83 bits per heavy atom. The molecule has 2 aromatic heterocycles. The first-order valence-electron chi connectivity index (χ1n) is 7.19. The number of nitrogens with one attached hydrogen (secondary N) is 2. The van der Waals surface area contributed by atoms with Crippen LogP contribution in [0.4, 0.5) is 5.69 Å². The van der Waals surface area contributed by atoms with E-state index in [2.05, 4.69) is 15.3 Å². The number of H-pyrrole nitrogens is 1. The number of anilines is 1. The molecule has 0 saturated carbocycles. The number of aromatic amines is 1. The van der Waals surface area contributed by atoms with Gasteiger partial charge in [0.15, 0.2) is 0 Å². The normalized spacial score (nSPS) is 10.5. The quantitative estimate of drug-likeness (QED) is 0.726. The molecule has 1 aromatic carbocycles. The Bertz CT molecular complexity index is 856. The molecule has 116 valence electrons. The summed E-state index contributed by atoms with van der Waals surface area (Å²) in [6, 6.07) is 12.2. The third-order valence-electron chi connectivity index (χ3n) is 3.27. The minimum Gasteiger partial charge on any atom is -0.461 e. The van der Waals surface area contributed by atoms with Crippen molar-refractivity contribution in [2.24, 2.45) is 0 Å². The molecule has 0 saturated heterocycles. The summed E-state index contributed by atoms with van der Waals surface area (Å²) in [4.78, 5) is 30.8. The molecule has 0 fully saturated rings. The Hall–Kier alpha value is -3.15.